The maximum absolute atomic E-state index is 14.1. The first-order chi connectivity index (χ1) is 21.9. The zero-order valence-electron chi connectivity index (χ0n) is 26.2. The second kappa shape index (κ2) is 12.9. The number of carbonyl (C=O) groups is 5. The average molecular weight is 630 g/mol. The number of rotatable bonds is 8. The van der Waals surface area contributed by atoms with Crippen molar-refractivity contribution in [2.75, 3.05) is 11.9 Å². The topological polar surface area (TPSA) is 145 Å². The molecule has 2 N–H and O–H groups in total. The number of aromatic carboxylic acids is 1. The van der Waals surface area contributed by atoms with E-state index in [2.05, 4.69) is 18.8 Å². The van der Waals surface area contributed by atoms with Gasteiger partial charge in [0.05, 0.1) is 22.1 Å². The zero-order chi connectivity index (χ0) is 33.2. The number of esters is 3. The van der Waals surface area contributed by atoms with Crippen LogP contribution in [0.25, 0.3) is 0 Å². The highest BCUT2D eigenvalue weighted by Gasteiger charge is 2.62. The van der Waals surface area contributed by atoms with E-state index in [0.29, 0.717) is 37.8 Å². The molecule has 5 rings (SSSR count). The lowest BCUT2D eigenvalue weighted by Crippen LogP contribution is -2.61. The van der Waals surface area contributed by atoms with E-state index in [4.69, 9.17) is 14.2 Å². The molecule has 2 saturated carbocycles. The van der Waals surface area contributed by atoms with E-state index < -0.39 is 46.9 Å². The number of carboxylic acids is 1. The van der Waals surface area contributed by atoms with Crippen LogP contribution >= 0.6 is 0 Å². The standard InChI is InChI=1S/C36H39NO9/c1-21-14-17-29-35(3,19-18-30(45-22(2)38)36(29,4)34(43)37-23-10-6-5-7-11-23)27(21)16-15-26-28(20-44-32(26)41)46-33(42)25-13-9-8-12-24(25)31(39)40/h5-13,15,27-30H,1,14,16-20H2,2-4H3,(H,37,43)(H,39,40)/b26-15+/t27-,28-,29+,30-,35+,36+/m1/s1. The maximum Gasteiger partial charge on any atom is 0.339 e. The smallest absolute Gasteiger partial charge is 0.339 e. The molecule has 0 bridgehead atoms. The summed E-state index contributed by atoms with van der Waals surface area (Å²) >= 11 is 0. The number of para-hydroxylation sites is 1. The normalized spacial score (nSPS) is 29.8. The lowest BCUT2D eigenvalue weighted by molar-refractivity contribution is -0.181. The number of benzene rings is 2. The molecule has 2 aromatic carbocycles. The summed E-state index contributed by atoms with van der Waals surface area (Å²) in [5.74, 6) is -3.75. The van der Waals surface area contributed by atoms with Gasteiger partial charge in [0.2, 0.25) is 5.91 Å². The summed E-state index contributed by atoms with van der Waals surface area (Å²) in [6.45, 7) is 9.57. The Morgan fingerprint density at radius 2 is 1.70 bits per heavy atom. The molecule has 1 aliphatic heterocycles. The molecule has 0 radical (unpaired) electrons. The number of fused-ring (bicyclic) bond motifs is 1. The van der Waals surface area contributed by atoms with Crippen LogP contribution in [0.3, 0.4) is 0 Å². The van der Waals surface area contributed by atoms with Crippen molar-refractivity contribution >= 4 is 35.5 Å². The van der Waals surface area contributed by atoms with Crippen LogP contribution in [-0.4, -0.2) is 53.7 Å². The zero-order valence-corrected chi connectivity index (χ0v) is 26.2. The van der Waals surface area contributed by atoms with Crippen molar-refractivity contribution in [2.24, 2.45) is 22.7 Å². The van der Waals surface area contributed by atoms with Gasteiger partial charge in [-0.3, -0.25) is 9.59 Å². The highest BCUT2D eigenvalue weighted by atomic mass is 16.6. The van der Waals surface area contributed by atoms with Crippen LogP contribution in [0.4, 0.5) is 5.69 Å². The Bertz CT molecular complexity index is 1600. The number of allylic oxidation sites excluding steroid dienone is 2. The van der Waals surface area contributed by atoms with Crippen LogP contribution in [0.15, 0.2) is 78.4 Å². The molecule has 10 nitrogen and oxygen atoms in total. The predicted molar refractivity (Wildman–Crippen MR) is 168 cm³/mol. The number of hydrogen-bond donors (Lipinski definition) is 2. The highest BCUT2D eigenvalue weighted by Crippen LogP contribution is 2.62. The van der Waals surface area contributed by atoms with Gasteiger partial charge in [0.15, 0.2) is 6.10 Å². The molecule has 2 aliphatic carbocycles. The van der Waals surface area contributed by atoms with E-state index >= 15 is 0 Å². The molecule has 1 heterocycles. The van der Waals surface area contributed by atoms with Gasteiger partial charge in [0.25, 0.3) is 0 Å². The Hall–Kier alpha value is -4.73. The summed E-state index contributed by atoms with van der Waals surface area (Å²) in [4.78, 5) is 63.7. The predicted octanol–water partition coefficient (Wildman–Crippen LogP) is 5.74. The van der Waals surface area contributed by atoms with Crippen molar-refractivity contribution in [2.45, 2.75) is 65.1 Å². The third-order valence-electron chi connectivity index (χ3n) is 10.2. The largest absolute Gasteiger partial charge is 0.478 e. The molecule has 1 saturated heterocycles. The minimum Gasteiger partial charge on any atom is -0.478 e. The van der Waals surface area contributed by atoms with E-state index in [9.17, 15) is 29.1 Å². The summed E-state index contributed by atoms with van der Waals surface area (Å²) in [5.41, 5.74) is -0.00803. The van der Waals surface area contributed by atoms with Crippen LogP contribution in [0.1, 0.15) is 73.6 Å². The monoisotopic (exact) mass is 629 g/mol. The van der Waals surface area contributed by atoms with Crippen LogP contribution < -0.4 is 5.32 Å². The minimum absolute atomic E-state index is 0.123. The van der Waals surface area contributed by atoms with Crippen LogP contribution in [0.5, 0.6) is 0 Å². The molecule has 0 aromatic heterocycles. The first-order valence-electron chi connectivity index (χ1n) is 15.5. The van der Waals surface area contributed by atoms with Crippen LogP contribution in [0, 0.1) is 22.7 Å². The van der Waals surface area contributed by atoms with Gasteiger partial charge in [-0.15, -0.1) is 0 Å². The van der Waals surface area contributed by atoms with Gasteiger partial charge in [-0.05, 0) is 80.5 Å². The molecule has 0 unspecified atom stereocenters. The van der Waals surface area contributed by atoms with Gasteiger partial charge >= 0.3 is 23.9 Å². The molecular formula is C36H39NO9. The summed E-state index contributed by atoms with van der Waals surface area (Å²) < 4.78 is 16.6. The number of ether oxygens (including phenoxy) is 3. The van der Waals surface area contributed by atoms with Crippen molar-refractivity contribution in [3.8, 4) is 0 Å². The Morgan fingerprint density at radius 1 is 1.02 bits per heavy atom. The Balaban J connectivity index is 1.42. The number of amides is 1. The van der Waals surface area contributed by atoms with Crippen molar-refractivity contribution in [3.05, 3.63) is 89.5 Å². The second-order valence-corrected chi connectivity index (χ2v) is 12.8. The molecule has 242 valence electrons. The fourth-order valence-electron chi connectivity index (χ4n) is 7.81. The molecule has 0 spiro atoms. The molecule has 2 aromatic rings. The minimum atomic E-state index is -1.27. The Labute approximate surface area is 267 Å². The van der Waals surface area contributed by atoms with E-state index in [1.54, 1.807) is 6.08 Å². The van der Waals surface area contributed by atoms with Crippen molar-refractivity contribution in [3.63, 3.8) is 0 Å². The fourth-order valence-corrected chi connectivity index (χ4v) is 7.81. The molecule has 6 atom stereocenters. The second-order valence-electron chi connectivity index (χ2n) is 12.8. The number of carboxylic acid groups (broad SMARTS) is 1. The van der Waals surface area contributed by atoms with Gasteiger partial charge < -0.3 is 24.6 Å². The molecule has 46 heavy (non-hydrogen) atoms. The number of cyclic esters (lactones) is 1. The lowest BCUT2D eigenvalue weighted by atomic mass is 9.45. The van der Waals surface area contributed by atoms with Crippen LogP contribution in [0.2, 0.25) is 0 Å². The van der Waals surface area contributed by atoms with Crippen LogP contribution in [-0.2, 0) is 28.6 Å². The third-order valence-corrected chi connectivity index (χ3v) is 10.2. The van der Waals surface area contributed by atoms with E-state index in [-0.39, 0.29) is 41.0 Å². The fraction of sp³-hybridized carbons (Fsp3) is 0.417. The molecule has 1 amide bonds. The number of anilines is 1. The first kappa shape index (κ1) is 32.7. The summed E-state index contributed by atoms with van der Waals surface area (Å²) in [5, 5.41) is 12.5. The number of nitrogens with one attached hydrogen (secondary N) is 1. The molecule has 3 fully saturated rings. The van der Waals surface area contributed by atoms with E-state index in [1.165, 1.54) is 31.2 Å². The van der Waals surface area contributed by atoms with E-state index in [1.807, 2.05) is 37.3 Å². The molecule has 3 aliphatic rings. The van der Waals surface area contributed by atoms with Gasteiger partial charge in [-0.1, -0.05) is 55.5 Å². The summed E-state index contributed by atoms with van der Waals surface area (Å²) in [7, 11) is 0. The van der Waals surface area contributed by atoms with Crippen molar-refractivity contribution in [1.29, 1.82) is 0 Å². The maximum atomic E-state index is 14.1. The lowest BCUT2D eigenvalue weighted by Gasteiger charge is -2.59. The van der Waals surface area contributed by atoms with Gasteiger partial charge in [0, 0.05) is 12.6 Å². The average Bonchev–Trinajstić information content (AvgIpc) is 3.36. The highest BCUT2D eigenvalue weighted by molar-refractivity contribution is 6.03. The number of hydrogen-bond acceptors (Lipinski definition) is 8. The number of carbonyl (C=O) groups excluding carboxylic acids is 4. The molecular weight excluding hydrogens is 590 g/mol. The summed E-state index contributed by atoms with van der Waals surface area (Å²) in [6, 6.07) is 14.9. The molecule has 10 heteroatoms. The summed E-state index contributed by atoms with van der Waals surface area (Å²) in [6.07, 6.45) is 2.91. The Kier molecular flexibility index (Phi) is 9.19. The first-order valence-corrected chi connectivity index (χ1v) is 15.5. The van der Waals surface area contributed by atoms with Gasteiger partial charge in [0.1, 0.15) is 12.7 Å². The van der Waals surface area contributed by atoms with Gasteiger partial charge in [-0.2, -0.15) is 0 Å². The van der Waals surface area contributed by atoms with Crippen molar-refractivity contribution in [1.82, 2.24) is 0 Å². The SMILES string of the molecule is C=C1CC[C@H]2[C@@](C)(CC[C@@H](OC(C)=O)[C@@]2(C)C(=O)Nc2ccccc2)[C@@H]1C/C=C1/C(=O)OC[C@H]1OC(=O)c1ccccc1C(=O)O. The van der Waals surface area contributed by atoms with Crippen molar-refractivity contribution < 1.29 is 43.3 Å². The third kappa shape index (κ3) is 6.08. The van der Waals surface area contributed by atoms with Gasteiger partial charge in [-0.25, -0.2) is 14.4 Å². The Morgan fingerprint density at radius 3 is 2.37 bits per heavy atom. The quantitative estimate of drug-likeness (QED) is 0.162. The van der Waals surface area contributed by atoms with E-state index in [0.717, 1.165) is 5.57 Å².